The van der Waals surface area contributed by atoms with Gasteiger partial charge < -0.3 is 10.1 Å². The number of hydrogen-bond donors (Lipinski definition) is 1. The highest BCUT2D eigenvalue weighted by atomic mass is 32.1. The molecular formula is C17H23NOS. The van der Waals surface area contributed by atoms with E-state index in [1.165, 1.54) is 22.4 Å². The molecule has 1 N–H and O–H groups in total. The number of nitrogens with one attached hydrogen (secondary N) is 1. The maximum Gasteiger partial charge on any atom is 0.129 e. The normalized spacial score (nSPS) is 12.3. The minimum absolute atomic E-state index is 0.254. The van der Waals surface area contributed by atoms with E-state index >= 15 is 0 Å². The van der Waals surface area contributed by atoms with Crippen LogP contribution in [0.15, 0.2) is 35.7 Å². The zero-order chi connectivity index (χ0) is 14.4. The van der Waals surface area contributed by atoms with E-state index in [0.717, 1.165) is 18.7 Å². The first-order chi connectivity index (χ1) is 9.78. The Morgan fingerprint density at radius 3 is 2.50 bits per heavy atom. The van der Waals surface area contributed by atoms with E-state index in [9.17, 15) is 0 Å². The quantitative estimate of drug-likeness (QED) is 0.815. The van der Waals surface area contributed by atoms with Crippen molar-refractivity contribution in [1.82, 2.24) is 5.32 Å². The van der Waals surface area contributed by atoms with Gasteiger partial charge in [-0.05, 0) is 30.2 Å². The van der Waals surface area contributed by atoms with Crippen LogP contribution in [0.2, 0.25) is 0 Å². The molecule has 1 aromatic carbocycles. The van der Waals surface area contributed by atoms with Gasteiger partial charge in [-0.3, -0.25) is 0 Å². The molecule has 0 fully saturated rings. The van der Waals surface area contributed by atoms with Gasteiger partial charge in [0.25, 0.3) is 0 Å². The van der Waals surface area contributed by atoms with Crippen molar-refractivity contribution in [3.63, 3.8) is 0 Å². The van der Waals surface area contributed by atoms with Gasteiger partial charge in [-0.2, -0.15) is 0 Å². The highest BCUT2D eigenvalue weighted by Crippen LogP contribution is 2.31. The summed E-state index contributed by atoms with van der Waals surface area (Å²) in [4.78, 5) is 1.30. The van der Waals surface area contributed by atoms with E-state index in [4.69, 9.17) is 4.74 Å². The van der Waals surface area contributed by atoms with Gasteiger partial charge >= 0.3 is 0 Å². The molecule has 2 rings (SSSR count). The minimum Gasteiger partial charge on any atom is -0.496 e. The van der Waals surface area contributed by atoms with E-state index in [0.29, 0.717) is 0 Å². The van der Waals surface area contributed by atoms with Crippen LogP contribution >= 0.6 is 11.3 Å². The fourth-order valence-corrected chi connectivity index (χ4v) is 3.30. The number of aryl methyl sites for hydroxylation is 1. The van der Waals surface area contributed by atoms with Gasteiger partial charge in [-0.15, -0.1) is 11.3 Å². The number of thiophene rings is 1. The average Bonchev–Trinajstić information content (AvgIpc) is 2.95. The summed E-state index contributed by atoms with van der Waals surface area (Å²) in [6.07, 6.45) is 2.34. The third-order valence-corrected chi connectivity index (χ3v) is 4.35. The summed E-state index contributed by atoms with van der Waals surface area (Å²) in [5.41, 5.74) is 2.73. The Kier molecular flexibility index (Phi) is 5.62. The van der Waals surface area contributed by atoms with E-state index in [1.54, 1.807) is 18.4 Å². The smallest absolute Gasteiger partial charge is 0.129 e. The summed E-state index contributed by atoms with van der Waals surface area (Å²) < 4.78 is 5.29. The van der Waals surface area contributed by atoms with Crippen molar-refractivity contribution in [1.29, 1.82) is 0 Å². The molecule has 3 heteroatoms. The van der Waals surface area contributed by atoms with Crippen LogP contribution < -0.4 is 10.1 Å². The van der Waals surface area contributed by atoms with Crippen LogP contribution in [0.5, 0.6) is 5.75 Å². The van der Waals surface area contributed by atoms with Gasteiger partial charge in [0.2, 0.25) is 0 Å². The van der Waals surface area contributed by atoms with Gasteiger partial charge in [0.05, 0.1) is 13.2 Å². The summed E-state index contributed by atoms with van der Waals surface area (Å²) in [7, 11) is 1.72. The van der Waals surface area contributed by atoms with Crippen molar-refractivity contribution in [2.24, 2.45) is 0 Å². The minimum atomic E-state index is 0.254. The van der Waals surface area contributed by atoms with Crippen molar-refractivity contribution >= 4 is 11.3 Å². The Bertz CT molecular complexity index is 518. The van der Waals surface area contributed by atoms with E-state index in [1.807, 2.05) is 0 Å². The monoisotopic (exact) mass is 289 g/mol. The van der Waals surface area contributed by atoms with Gasteiger partial charge in [0, 0.05) is 10.3 Å². The Morgan fingerprint density at radius 1 is 1.20 bits per heavy atom. The van der Waals surface area contributed by atoms with Crippen molar-refractivity contribution in [3.8, 4) is 5.75 Å². The molecule has 2 aromatic rings. The molecule has 108 valence electrons. The third kappa shape index (κ3) is 3.62. The van der Waals surface area contributed by atoms with Crippen LogP contribution in [0.3, 0.4) is 0 Å². The van der Waals surface area contributed by atoms with Crippen LogP contribution in [-0.4, -0.2) is 13.7 Å². The van der Waals surface area contributed by atoms with Crippen LogP contribution in [0.4, 0.5) is 0 Å². The summed E-state index contributed by atoms with van der Waals surface area (Å²) in [5.74, 6) is 0.940. The first-order valence-corrected chi connectivity index (χ1v) is 8.11. The number of ether oxygens (including phenoxy) is 1. The molecule has 20 heavy (non-hydrogen) atoms. The van der Waals surface area contributed by atoms with E-state index < -0.39 is 0 Å². The van der Waals surface area contributed by atoms with Gasteiger partial charge in [-0.25, -0.2) is 0 Å². The molecule has 1 heterocycles. The molecule has 2 nitrogen and oxygen atoms in total. The molecule has 0 amide bonds. The molecular weight excluding hydrogens is 266 g/mol. The first-order valence-electron chi connectivity index (χ1n) is 7.23. The van der Waals surface area contributed by atoms with Crippen LogP contribution in [0, 0.1) is 0 Å². The van der Waals surface area contributed by atoms with Crippen LogP contribution in [0.1, 0.15) is 42.3 Å². The predicted octanol–water partition coefficient (Wildman–Crippen LogP) is 4.41. The third-order valence-electron chi connectivity index (χ3n) is 3.38. The molecule has 0 radical (unpaired) electrons. The zero-order valence-corrected chi connectivity index (χ0v) is 13.3. The largest absolute Gasteiger partial charge is 0.496 e. The number of methoxy groups -OCH3 is 1. The second-order valence-electron chi connectivity index (χ2n) is 4.87. The Labute approximate surface area is 125 Å². The maximum absolute atomic E-state index is 5.29. The number of hydrogen-bond acceptors (Lipinski definition) is 3. The van der Waals surface area contributed by atoms with Gasteiger partial charge in [0.1, 0.15) is 5.75 Å². The molecule has 0 saturated carbocycles. The summed E-state index contributed by atoms with van der Waals surface area (Å²) in [6, 6.07) is 11.3. The summed E-state index contributed by atoms with van der Waals surface area (Å²) in [6.45, 7) is 5.30. The average molecular weight is 289 g/mol. The SMILES string of the molecule is CCCc1ccc(C(NCC)c2cc(OC)cs2)cc1. The maximum atomic E-state index is 5.29. The lowest BCUT2D eigenvalue weighted by Gasteiger charge is -2.17. The Morgan fingerprint density at radius 2 is 1.95 bits per heavy atom. The van der Waals surface area contributed by atoms with Crippen molar-refractivity contribution in [2.45, 2.75) is 32.7 Å². The van der Waals surface area contributed by atoms with Crippen molar-refractivity contribution < 1.29 is 4.74 Å². The van der Waals surface area contributed by atoms with Crippen molar-refractivity contribution in [3.05, 3.63) is 51.7 Å². The van der Waals surface area contributed by atoms with Crippen LogP contribution in [-0.2, 0) is 6.42 Å². The Hall–Kier alpha value is -1.32. The second-order valence-corrected chi connectivity index (χ2v) is 5.81. The fraction of sp³-hybridized carbons (Fsp3) is 0.412. The number of rotatable bonds is 7. The molecule has 0 saturated heterocycles. The molecule has 0 aliphatic rings. The molecule has 0 spiro atoms. The molecule has 0 aliphatic carbocycles. The van der Waals surface area contributed by atoms with Gasteiger partial charge in [0.15, 0.2) is 0 Å². The topological polar surface area (TPSA) is 21.3 Å². The van der Waals surface area contributed by atoms with E-state index in [-0.39, 0.29) is 6.04 Å². The number of benzene rings is 1. The summed E-state index contributed by atoms with van der Waals surface area (Å²) >= 11 is 1.74. The van der Waals surface area contributed by atoms with Crippen LogP contribution in [0.25, 0.3) is 0 Å². The lowest BCUT2D eigenvalue weighted by atomic mass is 10.0. The highest BCUT2D eigenvalue weighted by molar-refractivity contribution is 7.10. The fourth-order valence-electron chi connectivity index (χ4n) is 2.35. The molecule has 1 unspecified atom stereocenters. The first kappa shape index (κ1) is 15.1. The highest BCUT2D eigenvalue weighted by Gasteiger charge is 2.15. The zero-order valence-electron chi connectivity index (χ0n) is 12.5. The van der Waals surface area contributed by atoms with Crippen molar-refractivity contribution in [2.75, 3.05) is 13.7 Å². The lowest BCUT2D eigenvalue weighted by molar-refractivity contribution is 0.416. The molecule has 1 atom stereocenters. The molecule has 0 bridgehead atoms. The Balaban J connectivity index is 2.23. The molecule has 1 aromatic heterocycles. The van der Waals surface area contributed by atoms with Gasteiger partial charge in [-0.1, -0.05) is 44.5 Å². The molecule has 0 aliphatic heterocycles. The second kappa shape index (κ2) is 7.46. The van der Waals surface area contributed by atoms with E-state index in [2.05, 4.69) is 54.9 Å². The standard InChI is InChI=1S/C17H23NOS/c1-4-6-13-7-9-14(10-8-13)17(18-5-2)16-11-15(19-3)12-20-16/h7-12,17-18H,4-6H2,1-3H3. The summed E-state index contributed by atoms with van der Waals surface area (Å²) in [5, 5.41) is 5.62. The predicted molar refractivity (Wildman–Crippen MR) is 86.8 cm³/mol. The lowest BCUT2D eigenvalue weighted by Crippen LogP contribution is -2.21.